The van der Waals surface area contributed by atoms with Gasteiger partial charge in [0.25, 0.3) is 0 Å². The van der Waals surface area contributed by atoms with Crippen LogP contribution in [0.5, 0.6) is 0 Å². The van der Waals surface area contributed by atoms with Crippen LogP contribution in [-0.4, -0.2) is 49.2 Å². The number of piperidine rings is 1. The number of hydrogen-bond acceptors (Lipinski definition) is 3. The number of rotatable bonds is 4. The van der Waals surface area contributed by atoms with Crippen LogP contribution in [0.1, 0.15) is 30.9 Å². The molecule has 0 spiro atoms. The standard InChI is InChI=1S/C18H26N2O2/c1-14-5-7-16(8-6-14)13-15(2)18(21)20-11-9-17(10-12-20)19(3)22-4/h5-8,13,17H,9-12H2,1-4H3/b15-13+. The lowest BCUT2D eigenvalue weighted by Crippen LogP contribution is -2.45. The summed E-state index contributed by atoms with van der Waals surface area (Å²) in [7, 11) is 3.64. The van der Waals surface area contributed by atoms with Crippen LogP contribution >= 0.6 is 0 Å². The van der Waals surface area contributed by atoms with E-state index in [2.05, 4.69) is 19.1 Å². The first-order valence-electron chi connectivity index (χ1n) is 7.82. The zero-order valence-electron chi connectivity index (χ0n) is 14.0. The Kier molecular flexibility index (Phi) is 5.75. The van der Waals surface area contributed by atoms with Crippen molar-refractivity contribution in [3.63, 3.8) is 0 Å². The Morgan fingerprint density at radius 1 is 1.27 bits per heavy atom. The molecule has 22 heavy (non-hydrogen) atoms. The zero-order valence-corrected chi connectivity index (χ0v) is 14.0. The summed E-state index contributed by atoms with van der Waals surface area (Å²) in [6.45, 7) is 5.54. The highest BCUT2D eigenvalue weighted by molar-refractivity contribution is 5.97. The lowest BCUT2D eigenvalue weighted by atomic mass is 10.0. The summed E-state index contributed by atoms with van der Waals surface area (Å²) in [4.78, 5) is 19.7. The van der Waals surface area contributed by atoms with E-state index in [1.54, 1.807) is 7.11 Å². The number of carbonyl (C=O) groups excluding carboxylic acids is 1. The van der Waals surface area contributed by atoms with Gasteiger partial charge in [0.05, 0.1) is 7.11 Å². The molecule has 1 heterocycles. The van der Waals surface area contributed by atoms with Crippen molar-refractivity contribution in [2.24, 2.45) is 0 Å². The minimum Gasteiger partial charge on any atom is -0.339 e. The first kappa shape index (κ1) is 16.7. The number of benzene rings is 1. The fourth-order valence-corrected chi connectivity index (χ4v) is 2.81. The van der Waals surface area contributed by atoms with Crippen molar-refractivity contribution in [2.75, 3.05) is 27.2 Å². The fraction of sp³-hybridized carbons (Fsp3) is 0.500. The van der Waals surface area contributed by atoms with Crippen LogP contribution in [0.15, 0.2) is 29.8 Å². The van der Waals surface area contributed by atoms with Gasteiger partial charge in [0.15, 0.2) is 0 Å². The normalized spacial score (nSPS) is 17.1. The number of hydroxylamine groups is 2. The van der Waals surface area contributed by atoms with Gasteiger partial charge in [-0.05, 0) is 38.3 Å². The van der Waals surface area contributed by atoms with E-state index in [-0.39, 0.29) is 5.91 Å². The topological polar surface area (TPSA) is 32.8 Å². The van der Waals surface area contributed by atoms with Crippen molar-refractivity contribution in [1.29, 1.82) is 0 Å². The Morgan fingerprint density at radius 2 is 1.86 bits per heavy atom. The summed E-state index contributed by atoms with van der Waals surface area (Å²) in [5, 5.41) is 1.89. The van der Waals surface area contributed by atoms with Crippen LogP contribution in [0.3, 0.4) is 0 Å². The molecule has 0 saturated carbocycles. The van der Waals surface area contributed by atoms with E-state index < -0.39 is 0 Å². The number of aryl methyl sites for hydroxylation is 1. The molecule has 1 amide bonds. The highest BCUT2D eigenvalue weighted by atomic mass is 16.7. The first-order valence-corrected chi connectivity index (χ1v) is 7.82. The van der Waals surface area contributed by atoms with E-state index in [0.717, 1.165) is 37.1 Å². The second-order valence-corrected chi connectivity index (χ2v) is 5.99. The third-order valence-corrected chi connectivity index (χ3v) is 4.35. The van der Waals surface area contributed by atoms with Crippen molar-refractivity contribution in [1.82, 2.24) is 9.96 Å². The lowest BCUT2D eigenvalue weighted by Gasteiger charge is -2.35. The highest BCUT2D eigenvalue weighted by Crippen LogP contribution is 2.18. The molecule has 0 unspecified atom stereocenters. The van der Waals surface area contributed by atoms with Gasteiger partial charge in [-0.1, -0.05) is 29.8 Å². The largest absolute Gasteiger partial charge is 0.339 e. The molecular formula is C18H26N2O2. The number of likely N-dealkylation sites (tertiary alicyclic amines) is 1. The molecule has 1 aromatic rings. The molecule has 1 aliphatic rings. The van der Waals surface area contributed by atoms with Crippen molar-refractivity contribution in [3.05, 3.63) is 41.0 Å². The van der Waals surface area contributed by atoms with Crippen molar-refractivity contribution < 1.29 is 9.63 Å². The molecule has 120 valence electrons. The monoisotopic (exact) mass is 302 g/mol. The average molecular weight is 302 g/mol. The second-order valence-electron chi connectivity index (χ2n) is 5.99. The summed E-state index contributed by atoms with van der Waals surface area (Å²) in [5.41, 5.74) is 3.10. The summed E-state index contributed by atoms with van der Waals surface area (Å²) in [6.07, 6.45) is 3.87. The van der Waals surface area contributed by atoms with E-state index in [4.69, 9.17) is 4.84 Å². The minimum atomic E-state index is 0.138. The minimum absolute atomic E-state index is 0.138. The molecule has 1 saturated heterocycles. The van der Waals surface area contributed by atoms with Gasteiger partial charge in [-0.2, -0.15) is 5.06 Å². The van der Waals surface area contributed by atoms with Gasteiger partial charge in [0.1, 0.15) is 0 Å². The maximum Gasteiger partial charge on any atom is 0.249 e. The molecule has 1 fully saturated rings. The molecule has 0 radical (unpaired) electrons. The van der Waals surface area contributed by atoms with Gasteiger partial charge in [-0.25, -0.2) is 0 Å². The van der Waals surface area contributed by atoms with E-state index >= 15 is 0 Å². The van der Waals surface area contributed by atoms with Gasteiger partial charge in [0.2, 0.25) is 5.91 Å². The molecule has 0 bridgehead atoms. The lowest BCUT2D eigenvalue weighted by molar-refractivity contribution is -0.154. The van der Waals surface area contributed by atoms with Gasteiger partial charge in [-0.3, -0.25) is 4.79 Å². The Balaban J connectivity index is 1.95. The summed E-state index contributed by atoms with van der Waals surface area (Å²) in [5.74, 6) is 0.138. The smallest absolute Gasteiger partial charge is 0.249 e. The number of nitrogens with zero attached hydrogens (tertiary/aromatic N) is 2. The highest BCUT2D eigenvalue weighted by Gasteiger charge is 2.25. The van der Waals surface area contributed by atoms with Crippen molar-refractivity contribution in [3.8, 4) is 0 Å². The van der Waals surface area contributed by atoms with Crippen LogP contribution in [0, 0.1) is 6.92 Å². The Hall–Kier alpha value is -1.65. The zero-order chi connectivity index (χ0) is 16.1. The fourth-order valence-electron chi connectivity index (χ4n) is 2.81. The molecule has 2 rings (SSSR count). The van der Waals surface area contributed by atoms with Crippen LogP contribution in [0.4, 0.5) is 0 Å². The molecule has 4 heteroatoms. The SMILES string of the molecule is CON(C)C1CCN(C(=O)/C(C)=C/c2ccc(C)cc2)CC1. The number of hydrogen-bond donors (Lipinski definition) is 0. The quantitative estimate of drug-likeness (QED) is 0.633. The summed E-state index contributed by atoms with van der Waals surface area (Å²) in [6, 6.07) is 8.62. The Bertz CT molecular complexity index is 529. The van der Waals surface area contributed by atoms with E-state index in [9.17, 15) is 4.79 Å². The Morgan fingerprint density at radius 3 is 2.41 bits per heavy atom. The third-order valence-electron chi connectivity index (χ3n) is 4.35. The molecule has 1 aliphatic heterocycles. The average Bonchev–Trinajstić information content (AvgIpc) is 2.55. The van der Waals surface area contributed by atoms with E-state index in [1.807, 2.05) is 42.1 Å². The predicted molar refractivity (Wildman–Crippen MR) is 89.2 cm³/mol. The van der Waals surface area contributed by atoms with Crippen LogP contribution in [-0.2, 0) is 9.63 Å². The molecular weight excluding hydrogens is 276 g/mol. The van der Waals surface area contributed by atoms with E-state index in [1.165, 1.54) is 5.56 Å². The van der Waals surface area contributed by atoms with Crippen molar-refractivity contribution >= 4 is 12.0 Å². The van der Waals surface area contributed by atoms with Crippen LogP contribution < -0.4 is 0 Å². The summed E-state index contributed by atoms with van der Waals surface area (Å²) < 4.78 is 0. The van der Waals surface area contributed by atoms with Gasteiger partial charge in [-0.15, -0.1) is 0 Å². The molecule has 1 aromatic carbocycles. The molecule has 0 aromatic heterocycles. The van der Waals surface area contributed by atoms with Gasteiger partial charge < -0.3 is 9.74 Å². The van der Waals surface area contributed by atoms with Gasteiger partial charge in [0, 0.05) is 31.8 Å². The predicted octanol–water partition coefficient (Wildman–Crippen LogP) is 2.88. The van der Waals surface area contributed by atoms with E-state index in [0.29, 0.717) is 6.04 Å². The van der Waals surface area contributed by atoms with Crippen LogP contribution in [0.25, 0.3) is 6.08 Å². The van der Waals surface area contributed by atoms with Crippen molar-refractivity contribution in [2.45, 2.75) is 32.7 Å². The van der Waals surface area contributed by atoms with Gasteiger partial charge >= 0.3 is 0 Å². The summed E-state index contributed by atoms with van der Waals surface area (Å²) >= 11 is 0. The molecule has 4 nitrogen and oxygen atoms in total. The number of amides is 1. The maximum absolute atomic E-state index is 12.5. The number of carbonyl (C=O) groups is 1. The Labute approximate surface area is 133 Å². The van der Waals surface area contributed by atoms with Crippen LogP contribution in [0.2, 0.25) is 0 Å². The third kappa shape index (κ3) is 4.18. The molecule has 0 N–H and O–H groups in total. The molecule has 0 atom stereocenters. The maximum atomic E-state index is 12.5. The molecule has 0 aliphatic carbocycles. The first-order chi connectivity index (χ1) is 10.5. The second kappa shape index (κ2) is 7.56.